The fourth-order valence-corrected chi connectivity index (χ4v) is 3.12. The predicted molar refractivity (Wildman–Crippen MR) is 98.4 cm³/mol. The molecule has 24 heavy (non-hydrogen) atoms. The molecule has 0 saturated heterocycles. The highest BCUT2D eigenvalue weighted by atomic mass is 32.2. The van der Waals surface area contributed by atoms with Crippen molar-refractivity contribution < 1.29 is 4.79 Å². The molecule has 0 unspecified atom stereocenters. The molecule has 2 aromatic carbocycles. The van der Waals surface area contributed by atoms with Crippen LogP contribution in [0.4, 0.5) is 0 Å². The Morgan fingerprint density at radius 3 is 2.92 bits per heavy atom. The molecule has 122 valence electrons. The monoisotopic (exact) mass is 338 g/mol. The fourth-order valence-electron chi connectivity index (χ4n) is 2.34. The molecule has 5 nitrogen and oxygen atoms in total. The molecule has 0 fully saturated rings. The summed E-state index contributed by atoms with van der Waals surface area (Å²) < 4.78 is 1.99. The number of thioether (sulfide) groups is 1. The van der Waals surface area contributed by atoms with Gasteiger partial charge in [-0.15, -0.1) is 0 Å². The summed E-state index contributed by atoms with van der Waals surface area (Å²) in [6.45, 7) is 2.02. The molecular weight excluding hydrogens is 320 g/mol. The maximum Gasteiger partial charge on any atom is 0.250 e. The number of aromatic nitrogens is 2. The van der Waals surface area contributed by atoms with Gasteiger partial charge in [0, 0.05) is 7.05 Å². The lowest BCUT2D eigenvalue weighted by atomic mass is 10.2. The van der Waals surface area contributed by atoms with Crippen molar-refractivity contribution in [2.75, 3.05) is 5.75 Å². The lowest BCUT2D eigenvalue weighted by Crippen LogP contribution is -2.19. The molecule has 0 radical (unpaired) electrons. The van der Waals surface area contributed by atoms with Crippen molar-refractivity contribution in [3.63, 3.8) is 0 Å². The van der Waals surface area contributed by atoms with Crippen LogP contribution in [-0.2, 0) is 11.8 Å². The molecule has 0 bridgehead atoms. The maximum atomic E-state index is 11.9. The molecule has 0 atom stereocenters. The normalized spacial score (nSPS) is 11.2. The number of nitrogens with zero attached hydrogens (tertiary/aromatic N) is 3. The van der Waals surface area contributed by atoms with Crippen LogP contribution in [0, 0.1) is 6.92 Å². The second-order valence-corrected chi connectivity index (χ2v) is 6.38. The number of hydrazone groups is 1. The van der Waals surface area contributed by atoms with E-state index < -0.39 is 0 Å². The number of para-hydroxylation sites is 2. The highest BCUT2D eigenvalue weighted by molar-refractivity contribution is 7.99. The number of fused-ring (bicyclic) bond motifs is 1. The quantitative estimate of drug-likeness (QED) is 0.442. The summed E-state index contributed by atoms with van der Waals surface area (Å²) in [6.07, 6.45) is 1.64. The van der Waals surface area contributed by atoms with Crippen LogP contribution in [0.1, 0.15) is 11.1 Å². The van der Waals surface area contributed by atoms with Crippen molar-refractivity contribution in [3.8, 4) is 0 Å². The van der Waals surface area contributed by atoms with E-state index in [-0.39, 0.29) is 11.7 Å². The number of hydrogen-bond acceptors (Lipinski definition) is 4. The van der Waals surface area contributed by atoms with Crippen LogP contribution in [0.2, 0.25) is 0 Å². The standard InChI is InChI=1S/C18H18N4OS/c1-13-6-5-7-14(10-13)11-19-21-17(23)12-24-18-20-15-8-3-4-9-16(15)22(18)2/h3-11H,12H2,1-2H3,(H,21,23)/b19-11-. The number of nitrogens with one attached hydrogen (secondary N) is 1. The van der Waals surface area contributed by atoms with Crippen LogP contribution in [0.3, 0.4) is 0 Å². The number of rotatable bonds is 5. The van der Waals surface area contributed by atoms with Crippen LogP contribution >= 0.6 is 11.8 Å². The Labute approximate surface area is 144 Å². The highest BCUT2D eigenvalue weighted by Crippen LogP contribution is 2.22. The van der Waals surface area contributed by atoms with Crippen LogP contribution in [0.25, 0.3) is 11.0 Å². The van der Waals surface area contributed by atoms with Gasteiger partial charge in [0.05, 0.1) is 23.0 Å². The average Bonchev–Trinajstić information content (AvgIpc) is 2.90. The summed E-state index contributed by atoms with van der Waals surface area (Å²) in [6, 6.07) is 15.8. The third kappa shape index (κ3) is 3.83. The Kier molecular flexibility index (Phi) is 4.96. The zero-order valence-corrected chi connectivity index (χ0v) is 14.4. The molecule has 0 aliphatic heterocycles. The van der Waals surface area contributed by atoms with Crippen LogP contribution < -0.4 is 5.43 Å². The van der Waals surface area contributed by atoms with Crippen LogP contribution in [0.15, 0.2) is 58.8 Å². The second-order valence-electron chi connectivity index (χ2n) is 5.44. The number of carbonyl (C=O) groups is 1. The lowest BCUT2D eigenvalue weighted by Gasteiger charge is -2.01. The summed E-state index contributed by atoms with van der Waals surface area (Å²) in [5.41, 5.74) is 6.64. The highest BCUT2D eigenvalue weighted by Gasteiger charge is 2.09. The molecule has 6 heteroatoms. The topological polar surface area (TPSA) is 59.3 Å². The van der Waals surface area contributed by atoms with Crippen molar-refractivity contribution in [1.82, 2.24) is 15.0 Å². The predicted octanol–water partition coefficient (Wildman–Crippen LogP) is 3.12. The second kappa shape index (κ2) is 7.31. The van der Waals surface area contributed by atoms with E-state index in [1.54, 1.807) is 6.21 Å². The van der Waals surface area contributed by atoms with Gasteiger partial charge in [-0.1, -0.05) is 53.7 Å². The van der Waals surface area contributed by atoms with Gasteiger partial charge in [0.15, 0.2) is 5.16 Å². The van der Waals surface area contributed by atoms with Gasteiger partial charge in [-0.3, -0.25) is 4.79 Å². The zero-order chi connectivity index (χ0) is 16.9. The van der Waals surface area contributed by atoms with E-state index in [2.05, 4.69) is 15.5 Å². The van der Waals surface area contributed by atoms with Gasteiger partial charge in [0.2, 0.25) is 0 Å². The minimum Gasteiger partial charge on any atom is -0.322 e. The van der Waals surface area contributed by atoms with Gasteiger partial charge in [0.25, 0.3) is 5.91 Å². The molecule has 3 aromatic rings. The van der Waals surface area contributed by atoms with E-state index in [1.165, 1.54) is 11.8 Å². The third-order valence-corrected chi connectivity index (χ3v) is 4.55. The Morgan fingerprint density at radius 1 is 1.29 bits per heavy atom. The molecule has 1 heterocycles. The summed E-state index contributed by atoms with van der Waals surface area (Å²) in [5, 5.41) is 4.81. The first-order chi connectivity index (χ1) is 11.6. The Hall–Kier alpha value is -2.60. The molecule has 3 rings (SSSR count). The number of carbonyl (C=O) groups excluding carboxylic acids is 1. The van der Waals surface area contributed by atoms with E-state index in [4.69, 9.17) is 0 Å². The minimum atomic E-state index is -0.157. The Balaban J connectivity index is 1.56. The maximum absolute atomic E-state index is 11.9. The largest absolute Gasteiger partial charge is 0.322 e. The van der Waals surface area contributed by atoms with Gasteiger partial charge in [-0.2, -0.15) is 5.10 Å². The average molecular weight is 338 g/mol. The van der Waals surface area contributed by atoms with E-state index in [0.29, 0.717) is 0 Å². The van der Waals surface area contributed by atoms with Crippen molar-refractivity contribution >= 4 is 34.9 Å². The first-order valence-corrected chi connectivity index (χ1v) is 8.55. The fraction of sp³-hybridized carbons (Fsp3) is 0.167. The van der Waals surface area contributed by atoms with Crippen molar-refractivity contribution in [2.24, 2.45) is 12.1 Å². The third-order valence-electron chi connectivity index (χ3n) is 3.52. The molecule has 0 aliphatic rings. The molecule has 0 aliphatic carbocycles. The lowest BCUT2D eigenvalue weighted by molar-refractivity contribution is -0.118. The molecule has 1 N–H and O–H groups in total. The smallest absolute Gasteiger partial charge is 0.250 e. The Bertz CT molecular complexity index is 901. The van der Waals surface area contributed by atoms with Crippen molar-refractivity contribution in [2.45, 2.75) is 12.1 Å². The van der Waals surface area contributed by atoms with E-state index in [0.717, 1.165) is 27.3 Å². The van der Waals surface area contributed by atoms with Gasteiger partial charge in [-0.25, -0.2) is 10.4 Å². The first kappa shape index (κ1) is 16.3. The molecular formula is C18H18N4OS. The molecule has 0 saturated carbocycles. The summed E-state index contributed by atoms with van der Waals surface area (Å²) in [5.74, 6) is 0.110. The van der Waals surface area contributed by atoms with Crippen molar-refractivity contribution in [1.29, 1.82) is 0 Å². The first-order valence-electron chi connectivity index (χ1n) is 7.56. The number of aryl methyl sites for hydroxylation is 2. The summed E-state index contributed by atoms with van der Waals surface area (Å²) in [7, 11) is 1.95. The van der Waals surface area contributed by atoms with Gasteiger partial charge in [0.1, 0.15) is 0 Å². The number of imidazole rings is 1. The van der Waals surface area contributed by atoms with E-state index >= 15 is 0 Å². The molecule has 1 aromatic heterocycles. The van der Waals surface area contributed by atoms with Gasteiger partial charge in [-0.05, 0) is 24.6 Å². The van der Waals surface area contributed by atoms with Crippen molar-refractivity contribution in [3.05, 3.63) is 59.7 Å². The number of hydrogen-bond donors (Lipinski definition) is 1. The summed E-state index contributed by atoms with van der Waals surface area (Å²) >= 11 is 1.40. The Morgan fingerprint density at radius 2 is 2.12 bits per heavy atom. The summed E-state index contributed by atoms with van der Waals surface area (Å²) in [4.78, 5) is 16.4. The SMILES string of the molecule is Cc1cccc(/C=N\NC(=O)CSc2nc3ccccc3n2C)c1. The zero-order valence-electron chi connectivity index (χ0n) is 13.6. The van der Waals surface area contributed by atoms with Gasteiger partial charge < -0.3 is 4.57 Å². The molecule has 1 amide bonds. The number of amides is 1. The van der Waals surface area contributed by atoms with Crippen LogP contribution in [0.5, 0.6) is 0 Å². The minimum absolute atomic E-state index is 0.157. The molecule has 0 spiro atoms. The van der Waals surface area contributed by atoms with Crippen LogP contribution in [-0.4, -0.2) is 27.4 Å². The van der Waals surface area contributed by atoms with E-state index in [9.17, 15) is 4.79 Å². The number of benzene rings is 2. The van der Waals surface area contributed by atoms with E-state index in [1.807, 2.05) is 67.1 Å². The van der Waals surface area contributed by atoms with Gasteiger partial charge >= 0.3 is 0 Å².